The zero-order valence-electron chi connectivity index (χ0n) is 14.6. The second kappa shape index (κ2) is 6.08. The molecular formula is C18H28O3. The molecule has 0 bridgehead atoms. The van der Waals surface area contributed by atoms with Gasteiger partial charge in [-0.05, 0) is 17.8 Å². The van der Waals surface area contributed by atoms with Crippen molar-refractivity contribution in [2.75, 3.05) is 13.7 Å². The van der Waals surface area contributed by atoms with Crippen LogP contribution in [0.25, 0.3) is 0 Å². The number of esters is 1. The molecule has 0 aromatic heterocycles. The smallest absolute Gasteiger partial charge is 0.343 e. The van der Waals surface area contributed by atoms with Gasteiger partial charge in [0.15, 0.2) is 6.61 Å². The Hall–Kier alpha value is -1.51. The third kappa shape index (κ3) is 4.48. The minimum absolute atomic E-state index is 0.0581. The molecule has 1 aromatic rings. The molecule has 0 radical (unpaired) electrons. The van der Waals surface area contributed by atoms with Crippen molar-refractivity contribution in [3.05, 3.63) is 28.8 Å². The molecule has 0 fully saturated rings. The number of methoxy groups -OCH3 is 1. The van der Waals surface area contributed by atoms with Crippen molar-refractivity contribution in [3.63, 3.8) is 0 Å². The van der Waals surface area contributed by atoms with Crippen molar-refractivity contribution >= 4 is 5.97 Å². The number of rotatable bonds is 3. The van der Waals surface area contributed by atoms with Gasteiger partial charge in [0, 0.05) is 11.1 Å². The van der Waals surface area contributed by atoms with E-state index < -0.39 is 0 Å². The van der Waals surface area contributed by atoms with Crippen molar-refractivity contribution in [1.29, 1.82) is 0 Å². The molecule has 118 valence electrons. The van der Waals surface area contributed by atoms with Gasteiger partial charge in [0.05, 0.1) is 7.11 Å². The normalized spacial score (nSPS) is 12.2. The van der Waals surface area contributed by atoms with E-state index >= 15 is 0 Å². The molecule has 0 atom stereocenters. The summed E-state index contributed by atoms with van der Waals surface area (Å²) in [4.78, 5) is 11.4. The number of carbonyl (C=O) groups is 1. The molecular weight excluding hydrogens is 264 g/mol. The van der Waals surface area contributed by atoms with Crippen LogP contribution in [0.5, 0.6) is 5.75 Å². The lowest BCUT2D eigenvalue weighted by atomic mass is 9.78. The van der Waals surface area contributed by atoms with Gasteiger partial charge in [0.2, 0.25) is 0 Å². The third-order valence-corrected chi connectivity index (χ3v) is 3.41. The zero-order chi connectivity index (χ0) is 16.4. The van der Waals surface area contributed by atoms with Gasteiger partial charge >= 0.3 is 5.97 Å². The Morgan fingerprint density at radius 1 is 1.00 bits per heavy atom. The molecule has 3 nitrogen and oxygen atoms in total. The lowest BCUT2D eigenvalue weighted by Gasteiger charge is -2.30. The Kier molecular flexibility index (Phi) is 5.08. The second-order valence-electron chi connectivity index (χ2n) is 7.55. The SMILES string of the molecule is COC(=O)COc1c(C(C)(C)C)cc(C)cc1C(C)(C)C. The molecule has 0 heterocycles. The van der Waals surface area contributed by atoms with E-state index in [-0.39, 0.29) is 23.4 Å². The van der Waals surface area contributed by atoms with Crippen molar-refractivity contribution in [3.8, 4) is 5.75 Å². The maximum absolute atomic E-state index is 11.4. The summed E-state index contributed by atoms with van der Waals surface area (Å²) < 4.78 is 10.5. The summed E-state index contributed by atoms with van der Waals surface area (Å²) in [5.74, 6) is 0.446. The average molecular weight is 292 g/mol. The predicted molar refractivity (Wildman–Crippen MR) is 86.1 cm³/mol. The van der Waals surface area contributed by atoms with Gasteiger partial charge < -0.3 is 9.47 Å². The Balaban J connectivity index is 3.43. The highest BCUT2D eigenvalue weighted by atomic mass is 16.6. The number of hydrogen-bond donors (Lipinski definition) is 0. The summed E-state index contributed by atoms with van der Waals surface area (Å²) in [6, 6.07) is 4.28. The third-order valence-electron chi connectivity index (χ3n) is 3.41. The largest absolute Gasteiger partial charge is 0.481 e. The molecule has 1 rings (SSSR count). The molecule has 21 heavy (non-hydrogen) atoms. The number of hydrogen-bond acceptors (Lipinski definition) is 3. The molecule has 0 aliphatic rings. The summed E-state index contributed by atoms with van der Waals surface area (Å²) in [5.41, 5.74) is 3.33. The maximum Gasteiger partial charge on any atom is 0.343 e. The lowest BCUT2D eigenvalue weighted by Crippen LogP contribution is -2.22. The minimum atomic E-state index is -0.365. The van der Waals surface area contributed by atoms with E-state index in [1.54, 1.807) is 0 Å². The van der Waals surface area contributed by atoms with E-state index in [0.29, 0.717) is 0 Å². The molecule has 0 aliphatic carbocycles. The number of aryl methyl sites for hydroxylation is 1. The van der Waals surface area contributed by atoms with Crippen LogP contribution in [0.3, 0.4) is 0 Å². The van der Waals surface area contributed by atoms with Crippen molar-refractivity contribution in [2.45, 2.75) is 59.3 Å². The van der Waals surface area contributed by atoms with Gasteiger partial charge in [0.1, 0.15) is 5.75 Å². The summed E-state index contributed by atoms with van der Waals surface area (Å²) in [5, 5.41) is 0. The standard InChI is InChI=1S/C18H28O3/c1-12-9-13(17(2,3)4)16(21-11-15(19)20-8)14(10-12)18(5,6)7/h9-10H,11H2,1-8H3. The molecule has 0 saturated heterocycles. The van der Waals surface area contributed by atoms with Gasteiger partial charge in [-0.15, -0.1) is 0 Å². The first-order valence-electron chi connectivity index (χ1n) is 7.32. The van der Waals surface area contributed by atoms with Gasteiger partial charge in [-0.25, -0.2) is 4.79 Å². The molecule has 0 aliphatic heterocycles. The van der Waals surface area contributed by atoms with Crippen LogP contribution in [0.4, 0.5) is 0 Å². The van der Waals surface area contributed by atoms with Crippen LogP contribution in [0.2, 0.25) is 0 Å². The second-order valence-corrected chi connectivity index (χ2v) is 7.55. The van der Waals surface area contributed by atoms with Crippen molar-refractivity contribution in [2.24, 2.45) is 0 Å². The van der Waals surface area contributed by atoms with Crippen molar-refractivity contribution < 1.29 is 14.3 Å². The van der Waals surface area contributed by atoms with Crippen LogP contribution in [0.15, 0.2) is 12.1 Å². The molecule has 0 saturated carbocycles. The van der Waals surface area contributed by atoms with Gasteiger partial charge in [0.25, 0.3) is 0 Å². The van der Waals surface area contributed by atoms with E-state index in [1.165, 1.54) is 12.7 Å². The maximum atomic E-state index is 11.4. The number of carbonyl (C=O) groups excluding carboxylic acids is 1. The lowest BCUT2D eigenvalue weighted by molar-refractivity contribution is -0.142. The fourth-order valence-corrected chi connectivity index (χ4v) is 2.23. The Bertz CT molecular complexity index is 481. The summed E-state index contributed by atoms with van der Waals surface area (Å²) in [6.07, 6.45) is 0. The van der Waals surface area contributed by atoms with Crippen LogP contribution < -0.4 is 4.74 Å². The van der Waals surface area contributed by atoms with Crippen LogP contribution in [-0.4, -0.2) is 19.7 Å². The summed E-state index contributed by atoms with van der Waals surface area (Å²) in [7, 11) is 1.37. The first-order valence-corrected chi connectivity index (χ1v) is 7.32. The molecule has 0 N–H and O–H groups in total. The van der Waals surface area contributed by atoms with Gasteiger partial charge in [-0.1, -0.05) is 59.2 Å². The monoisotopic (exact) mass is 292 g/mol. The quantitative estimate of drug-likeness (QED) is 0.785. The number of ether oxygens (including phenoxy) is 2. The summed E-state index contributed by atoms with van der Waals surface area (Å²) in [6.45, 7) is 14.9. The highest BCUT2D eigenvalue weighted by Crippen LogP contribution is 2.40. The molecule has 1 aromatic carbocycles. The highest BCUT2D eigenvalue weighted by Gasteiger charge is 2.27. The topological polar surface area (TPSA) is 35.5 Å². The van der Waals surface area contributed by atoms with E-state index in [9.17, 15) is 4.79 Å². The van der Waals surface area contributed by atoms with Crippen LogP contribution >= 0.6 is 0 Å². The van der Waals surface area contributed by atoms with Gasteiger partial charge in [-0.2, -0.15) is 0 Å². The van der Waals surface area contributed by atoms with E-state index in [2.05, 4.69) is 65.3 Å². The van der Waals surface area contributed by atoms with Crippen LogP contribution in [0, 0.1) is 6.92 Å². The highest BCUT2D eigenvalue weighted by molar-refractivity contribution is 5.71. The Morgan fingerprint density at radius 2 is 1.43 bits per heavy atom. The summed E-state index contributed by atoms with van der Waals surface area (Å²) >= 11 is 0. The van der Waals surface area contributed by atoms with E-state index in [0.717, 1.165) is 16.9 Å². The average Bonchev–Trinajstić information content (AvgIpc) is 2.33. The number of benzene rings is 1. The fraction of sp³-hybridized carbons (Fsp3) is 0.611. The Labute approximate surface area is 128 Å². The van der Waals surface area contributed by atoms with E-state index in [4.69, 9.17) is 4.74 Å². The minimum Gasteiger partial charge on any atom is -0.481 e. The van der Waals surface area contributed by atoms with Crippen LogP contribution in [0.1, 0.15) is 58.2 Å². The predicted octanol–water partition coefficient (Wildman–Crippen LogP) is 4.14. The van der Waals surface area contributed by atoms with Crippen LogP contribution in [-0.2, 0) is 20.4 Å². The molecule has 0 amide bonds. The fourth-order valence-electron chi connectivity index (χ4n) is 2.23. The van der Waals surface area contributed by atoms with E-state index in [1.807, 2.05) is 0 Å². The molecule has 0 unspecified atom stereocenters. The molecule has 0 spiro atoms. The molecule has 3 heteroatoms. The Morgan fingerprint density at radius 3 is 1.76 bits per heavy atom. The van der Waals surface area contributed by atoms with Gasteiger partial charge in [-0.3, -0.25) is 0 Å². The van der Waals surface area contributed by atoms with Crippen molar-refractivity contribution in [1.82, 2.24) is 0 Å². The first kappa shape index (κ1) is 17.5. The zero-order valence-corrected chi connectivity index (χ0v) is 14.6. The first-order chi connectivity index (χ1) is 9.46.